The number of allylic oxidation sites excluding steroid dienone is 3. The first-order chi connectivity index (χ1) is 13.0. The number of hydrogen-bond donors (Lipinski definition) is 2. The molecule has 0 radical (unpaired) electrons. The average Bonchev–Trinajstić information content (AvgIpc) is 3.38. The first-order valence-corrected chi connectivity index (χ1v) is 10.8. The van der Waals surface area contributed by atoms with Crippen molar-refractivity contribution in [2.75, 3.05) is 26.2 Å². The highest BCUT2D eigenvalue weighted by molar-refractivity contribution is 5.80. The van der Waals surface area contributed by atoms with E-state index in [2.05, 4.69) is 54.1 Å². The van der Waals surface area contributed by atoms with Crippen LogP contribution in [0.4, 0.5) is 0 Å². The van der Waals surface area contributed by atoms with E-state index in [4.69, 9.17) is 5.73 Å². The average molecular weight is 375 g/mol. The SMILES string of the molecule is C/C=C\C(=C/C)N1CCN(C[C@@H]2CCCC[C@H]2C(=O)NC2(N)CC2)[C@H](C)C1. The lowest BCUT2D eigenvalue weighted by Crippen LogP contribution is -2.54. The van der Waals surface area contributed by atoms with Crippen LogP contribution in [0.1, 0.15) is 59.3 Å². The van der Waals surface area contributed by atoms with E-state index in [0.29, 0.717) is 12.0 Å². The topological polar surface area (TPSA) is 61.6 Å². The normalized spacial score (nSPS) is 31.9. The first kappa shape index (κ1) is 20.4. The third kappa shape index (κ3) is 5.14. The lowest BCUT2D eigenvalue weighted by Gasteiger charge is -2.44. The van der Waals surface area contributed by atoms with Crippen molar-refractivity contribution >= 4 is 5.91 Å². The minimum absolute atomic E-state index is 0.138. The Morgan fingerprint density at radius 1 is 1.22 bits per heavy atom. The molecule has 0 spiro atoms. The largest absolute Gasteiger partial charge is 0.369 e. The zero-order chi connectivity index (χ0) is 19.4. The van der Waals surface area contributed by atoms with Crippen LogP contribution < -0.4 is 11.1 Å². The van der Waals surface area contributed by atoms with Crippen LogP contribution in [0.2, 0.25) is 0 Å². The fourth-order valence-electron chi connectivity index (χ4n) is 4.73. The zero-order valence-corrected chi connectivity index (χ0v) is 17.4. The van der Waals surface area contributed by atoms with Gasteiger partial charge in [0.1, 0.15) is 0 Å². The predicted octanol–water partition coefficient (Wildman–Crippen LogP) is 2.84. The molecule has 3 rings (SSSR count). The molecular weight excluding hydrogens is 336 g/mol. The van der Waals surface area contributed by atoms with Gasteiger partial charge in [-0.1, -0.05) is 25.0 Å². The molecule has 0 bridgehead atoms. The number of nitrogens with zero attached hydrogens (tertiary/aromatic N) is 2. The summed E-state index contributed by atoms with van der Waals surface area (Å²) in [6, 6.07) is 0.508. The van der Waals surface area contributed by atoms with Crippen molar-refractivity contribution in [2.45, 2.75) is 71.0 Å². The molecule has 1 saturated heterocycles. The van der Waals surface area contributed by atoms with Crippen LogP contribution in [0.25, 0.3) is 0 Å². The second-order valence-corrected chi connectivity index (χ2v) is 8.80. The Labute approximate surface area is 165 Å². The molecule has 3 atom stereocenters. The molecule has 2 saturated carbocycles. The first-order valence-electron chi connectivity index (χ1n) is 10.8. The number of carbonyl (C=O) groups is 1. The third-order valence-corrected chi connectivity index (χ3v) is 6.64. The Morgan fingerprint density at radius 3 is 2.59 bits per heavy atom. The summed E-state index contributed by atoms with van der Waals surface area (Å²) in [5, 5.41) is 3.12. The Hall–Kier alpha value is -1.33. The number of hydrogen-bond acceptors (Lipinski definition) is 4. The van der Waals surface area contributed by atoms with Gasteiger partial charge in [0.25, 0.3) is 0 Å². The maximum Gasteiger partial charge on any atom is 0.224 e. The molecule has 1 aliphatic heterocycles. The van der Waals surface area contributed by atoms with Crippen molar-refractivity contribution in [3.63, 3.8) is 0 Å². The summed E-state index contributed by atoms with van der Waals surface area (Å²) < 4.78 is 0. The van der Waals surface area contributed by atoms with Crippen LogP contribution in [0, 0.1) is 11.8 Å². The van der Waals surface area contributed by atoms with Gasteiger partial charge in [-0.3, -0.25) is 9.69 Å². The smallest absolute Gasteiger partial charge is 0.224 e. The maximum atomic E-state index is 12.8. The Kier molecular flexibility index (Phi) is 6.64. The standard InChI is InChI=1S/C22H38N4O/c1-4-8-19(5-2)26-14-13-25(17(3)15-26)16-18-9-6-7-10-20(18)21(27)24-22(23)11-12-22/h4-5,8,17-18,20H,6-7,9-16,23H2,1-3H3,(H,24,27)/b8-4-,19-5+/t17-,18+,20-/m1/s1. The quantitative estimate of drug-likeness (QED) is 0.554. The van der Waals surface area contributed by atoms with Gasteiger partial charge >= 0.3 is 0 Å². The molecule has 0 aromatic carbocycles. The van der Waals surface area contributed by atoms with E-state index in [1.165, 1.54) is 25.0 Å². The molecule has 0 aromatic rings. The van der Waals surface area contributed by atoms with Crippen molar-refractivity contribution < 1.29 is 4.79 Å². The van der Waals surface area contributed by atoms with Gasteiger partial charge in [-0.15, -0.1) is 0 Å². The highest BCUT2D eigenvalue weighted by Crippen LogP contribution is 2.35. The zero-order valence-electron chi connectivity index (χ0n) is 17.4. The van der Waals surface area contributed by atoms with E-state index in [1.807, 2.05) is 0 Å². The van der Waals surface area contributed by atoms with Crippen LogP contribution in [0.15, 0.2) is 23.9 Å². The minimum Gasteiger partial charge on any atom is -0.369 e. The van der Waals surface area contributed by atoms with Gasteiger partial charge in [0.15, 0.2) is 0 Å². The van der Waals surface area contributed by atoms with Gasteiger partial charge in [-0.25, -0.2) is 0 Å². The molecule has 0 unspecified atom stereocenters. The van der Waals surface area contributed by atoms with Gasteiger partial charge in [0, 0.05) is 43.8 Å². The Bertz CT molecular complexity index is 581. The summed E-state index contributed by atoms with van der Waals surface area (Å²) in [7, 11) is 0. The number of nitrogens with one attached hydrogen (secondary N) is 1. The van der Waals surface area contributed by atoms with E-state index in [-0.39, 0.29) is 11.8 Å². The minimum atomic E-state index is -0.395. The monoisotopic (exact) mass is 374 g/mol. The molecule has 1 amide bonds. The van der Waals surface area contributed by atoms with Crippen molar-refractivity contribution in [1.82, 2.24) is 15.1 Å². The van der Waals surface area contributed by atoms with E-state index < -0.39 is 5.66 Å². The van der Waals surface area contributed by atoms with E-state index in [1.54, 1.807) is 0 Å². The van der Waals surface area contributed by atoms with Gasteiger partial charge in [0.2, 0.25) is 5.91 Å². The number of rotatable bonds is 6. The third-order valence-electron chi connectivity index (χ3n) is 6.64. The predicted molar refractivity (Wildman–Crippen MR) is 111 cm³/mol. The summed E-state index contributed by atoms with van der Waals surface area (Å²) in [5.41, 5.74) is 7.05. The van der Waals surface area contributed by atoms with Crippen LogP contribution in [-0.4, -0.2) is 53.6 Å². The van der Waals surface area contributed by atoms with Crippen LogP contribution in [0.5, 0.6) is 0 Å². The second-order valence-electron chi connectivity index (χ2n) is 8.80. The molecular formula is C22H38N4O. The Morgan fingerprint density at radius 2 is 1.96 bits per heavy atom. The number of amides is 1. The lowest BCUT2D eigenvalue weighted by atomic mass is 9.78. The molecule has 152 valence electrons. The maximum absolute atomic E-state index is 12.8. The molecule has 3 N–H and O–H groups in total. The van der Waals surface area contributed by atoms with Gasteiger partial charge in [0.05, 0.1) is 5.66 Å². The number of piperazine rings is 1. The summed E-state index contributed by atoms with van der Waals surface area (Å²) in [6.07, 6.45) is 13.0. The van der Waals surface area contributed by atoms with Gasteiger partial charge < -0.3 is 16.0 Å². The summed E-state index contributed by atoms with van der Waals surface area (Å²) in [4.78, 5) is 17.9. The summed E-state index contributed by atoms with van der Waals surface area (Å²) in [5.74, 6) is 0.807. The second kappa shape index (κ2) is 8.78. The van der Waals surface area contributed by atoms with Crippen molar-refractivity contribution in [1.29, 1.82) is 0 Å². The molecule has 5 heteroatoms. The van der Waals surface area contributed by atoms with E-state index in [9.17, 15) is 4.79 Å². The number of carbonyl (C=O) groups excluding carboxylic acids is 1. The van der Waals surface area contributed by atoms with Crippen molar-refractivity contribution in [3.05, 3.63) is 23.9 Å². The fraction of sp³-hybridized carbons (Fsp3) is 0.773. The molecule has 27 heavy (non-hydrogen) atoms. The lowest BCUT2D eigenvalue weighted by molar-refractivity contribution is -0.129. The fourth-order valence-corrected chi connectivity index (χ4v) is 4.73. The van der Waals surface area contributed by atoms with E-state index >= 15 is 0 Å². The van der Waals surface area contributed by atoms with Crippen LogP contribution >= 0.6 is 0 Å². The molecule has 3 aliphatic rings. The molecule has 5 nitrogen and oxygen atoms in total. The van der Waals surface area contributed by atoms with Gasteiger partial charge in [-0.05, 0) is 58.4 Å². The summed E-state index contributed by atoms with van der Waals surface area (Å²) >= 11 is 0. The van der Waals surface area contributed by atoms with Gasteiger partial charge in [-0.2, -0.15) is 0 Å². The molecule has 0 aromatic heterocycles. The van der Waals surface area contributed by atoms with Crippen molar-refractivity contribution in [2.24, 2.45) is 17.6 Å². The Balaban J connectivity index is 1.57. The van der Waals surface area contributed by atoms with Crippen LogP contribution in [0.3, 0.4) is 0 Å². The highest BCUT2D eigenvalue weighted by Gasteiger charge is 2.43. The molecule has 2 aliphatic carbocycles. The highest BCUT2D eigenvalue weighted by atomic mass is 16.2. The van der Waals surface area contributed by atoms with Crippen molar-refractivity contribution in [3.8, 4) is 0 Å². The number of nitrogens with two attached hydrogens (primary N) is 1. The van der Waals surface area contributed by atoms with E-state index in [0.717, 1.165) is 45.4 Å². The van der Waals surface area contributed by atoms with Crippen LogP contribution in [-0.2, 0) is 4.79 Å². The molecule has 1 heterocycles. The summed E-state index contributed by atoms with van der Waals surface area (Å²) in [6.45, 7) is 10.7. The molecule has 3 fully saturated rings.